The second kappa shape index (κ2) is 11.5. The van der Waals surface area contributed by atoms with E-state index in [1.54, 1.807) is 6.92 Å². The fourth-order valence-corrected chi connectivity index (χ4v) is 5.56. The van der Waals surface area contributed by atoms with E-state index < -0.39 is 53.2 Å². The zero-order chi connectivity index (χ0) is 31.2. The van der Waals surface area contributed by atoms with E-state index >= 15 is 0 Å². The van der Waals surface area contributed by atoms with E-state index in [2.05, 4.69) is 15.2 Å². The van der Waals surface area contributed by atoms with E-state index in [-0.39, 0.29) is 43.1 Å². The lowest BCUT2D eigenvalue weighted by Crippen LogP contribution is -2.48. The number of nitrogens with one attached hydrogen (secondary N) is 1. The monoisotopic (exact) mass is 625 g/mol. The molecule has 3 aromatic rings. The minimum atomic E-state index is -4.76. The van der Waals surface area contributed by atoms with E-state index in [1.165, 1.54) is 51.9 Å². The average Bonchev–Trinajstić information content (AvgIpc) is 3.32. The number of fused-ring (bicyclic) bond motifs is 3. The van der Waals surface area contributed by atoms with Crippen LogP contribution in [-0.4, -0.2) is 63.5 Å². The van der Waals surface area contributed by atoms with Crippen molar-refractivity contribution in [3.8, 4) is 5.75 Å². The number of rotatable bonds is 6. The number of nitrogens with zero attached hydrogens (tertiary/aromatic N) is 4. The fraction of sp³-hybridized carbons (Fsp3) is 0.357. The van der Waals surface area contributed by atoms with Gasteiger partial charge in [0.25, 0.3) is 11.8 Å². The molecule has 0 bridgehead atoms. The number of ether oxygens (including phenoxy) is 1. The van der Waals surface area contributed by atoms with Crippen molar-refractivity contribution < 1.29 is 41.1 Å². The first-order chi connectivity index (χ1) is 20.3. The van der Waals surface area contributed by atoms with E-state index in [4.69, 9.17) is 11.6 Å². The molecule has 3 heterocycles. The van der Waals surface area contributed by atoms with Gasteiger partial charge in [0.1, 0.15) is 17.5 Å². The average molecular weight is 626 g/mol. The van der Waals surface area contributed by atoms with Crippen LogP contribution in [0, 0.1) is 0 Å². The highest BCUT2D eigenvalue weighted by Gasteiger charge is 2.42. The summed E-state index contributed by atoms with van der Waals surface area (Å²) in [5.41, 5.74) is 0.201. The summed E-state index contributed by atoms with van der Waals surface area (Å²) >= 11 is 5.73. The van der Waals surface area contributed by atoms with Gasteiger partial charge in [-0.05, 0) is 42.8 Å². The third-order valence-electron chi connectivity index (χ3n) is 7.47. The smallest absolute Gasteiger partial charge is 0.417 e. The van der Waals surface area contributed by atoms with Crippen LogP contribution in [0.5, 0.6) is 5.75 Å². The van der Waals surface area contributed by atoms with Gasteiger partial charge in [-0.15, -0.1) is 0 Å². The normalized spacial score (nSPS) is 18.4. The summed E-state index contributed by atoms with van der Waals surface area (Å²) in [5, 5.41) is 6.60. The van der Waals surface area contributed by atoms with Crippen molar-refractivity contribution >= 4 is 29.3 Å². The predicted molar refractivity (Wildman–Crippen MR) is 143 cm³/mol. The molecule has 0 aliphatic carbocycles. The van der Waals surface area contributed by atoms with Crippen LogP contribution in [0.2, 0.25) is 5.02 Å². The molecule has 43 heavy (non-hydrogen) atoms. The molecule has 228 valence electrons. The van der Waals surface area contributed by atoms with Crippen molar-refractivity contribution in [2.45, 2.75) is 51.3 Å². The zero-order valence-corrected chi connectivity index (χ0v) is 23.5. The number of aromatic nitrogens is 2. The van der Waals surface area contributed by atoms with Crippen molar-refractivity contribution in [2.24, 2.45) is 0 Å². The Morgan fingerprint density at radius 1 is 1.16 bits per heavy atom. The lowest BCUT2D eigenvalue weighted by atomic mass is 9.97. The van der Waals surface area contributed by atoms with Gasteiger partial charge in [0, 0.05) is 37.2 Å². The zero-order valence-electron chi connectivity index (χ0n) is 22.8. The molecule has 2 aliphatic rings. The quantitative estimate of drug-likeness (QED) is 0.401. The number of alkyl halides is 5. The lowest BCUT2D eigenvalue weighted by molar-refractivity contribution is -0.137. The molecule has 2 aromatic carbocycles. The van der Waals surface area contributed by atoms with Gasteiger partial charge >= 0.3 is 12.8 Å². The third kappa shape index (κ3) is 5.88. The minimum Gasteiger partial charge on any atom is -0.435 e. The molecular formula is C28H25ClF5N5O4. The first-order valence-corrected chi connectivity index (χ1v) is 13.5. The molecule has 2 atom stereocenters. The lowest BCUT2D eigenvalue weighted by Gasteiger charge is -2.35. The highest BCUT2D eigenvalue weighted by atomic mass is 35.5. The van der Waals surface area contributed by atoms with E-state index in [9.17, 15) is 36.3 Å². The highest BCUT2D eigenvalue weighted by Crippen LogP contribution is 2.37. The van der Waals surface area contributed by atoms with Gasteiger partial charge < -0.3 is 19.9 Å². The molecule has 0 spiro atoms. The number of halogens is 6. The third-order valence-corrected chi connectivity index (χ3v) is 7.80. The molecule has 5 rings (SSSR count). The SMILES string of the molecule is CNC(=O)[C@@H]1CN(Cc2ccc(OC(F)F)cc2)C(=O)c2c3c(nn21)C[C@@H](C)N(C(=O)c1ccc(Cl)c(C(F)(F)F)c1)C3. The summed E-state index contributed by atoms with van der Waals surface area (Å²) in [7, 11) is 1.44. The highest BCUT2D eigenvalue weighted by molar-refractivity contribution is 6.31. The Bertz CT molecular complexity index is 1580. The summed E-state index contributed by atoms with van der Waals surface area (Å²) in [6.45, 7) is -1.41. The Balaban J connectivity index is 1.47. The van der Waals surface area contributed by atoms with E-state index in [0.29, 0.717) is 22.9 Å². The Morgan fingerprint density at radius 3 is 2.49 bits per heavy atom. The molecule has 2 aliphatic heterocycles. The fourth-order valence-electron chi connectivity index (χ4n) is 5.34. The number of carbonyl (C=O) groups is 3. The van der Waals surface area contributed by atoms with Gasteiger partial charge in [0.15, 0.2) is 0 Å². The number of hydrogen-bond acceptors (Lipinski definition) is 5. The molecule has 0 radical (unpaired) electrons. The van der Waals surface area contributed by atoms with Crippen molar-refractivity contribution in [1.29, 1.82) is 0 Å². The molecule has 15 heteroatoms. The first kappa shape index (κ1) is 30.3. The summed E-state index contributed by atoms with van der Waals surface area (Å²) in [6.07, 6.45) is -4.57. The molecule has 0 saturated carbocycles. The summed E-state index contributed by atoms with van der Waals surface area (Å²) in [6, 6.07) is 7.24. The van der Waals surface area contributed by atoms with Crippen LogP contribution >= 0.6 is 11.6 Å². The van der Waals surface area contributed by atoms with Gasteiger partial charge in [0.05, 0.1) is 29.4 Å². The van der Waals surface area contributed by atoms with Crippen molar-refractivity contribution in [1.82, 2.24) is 24.9 Å². The maximum absolute atomic E-state index is 13.8. The van der Waals surface area contributed by atoms with Gasteiger partial charge in [-0.1, -0.05) is 23.7 Å². The molecule has 3 amide bonds. The van der Waals surface area contributed by atoms with Crippen LogP contribution in [0.1, 0.15) is 56.2 Å². The number of amides is 3. The summed E-state index contributed by atoms with van der Waals surface area (Å²) < 4.78 is 71.1. The Kier molecular flexibility index (Phi) is 8.07. The second-order valence-corrected chi connectivity index (χ2v) is 10.6. The molecule has 0 fully saturated rings. The van der Waals surface area contributed by atoms with Crippen molar-refractivity contribution in [2.75, 3.05) is 13.6 Å². The number of hydrogen-bond donors (Lipinski definition) is 1. The summed E-state index contributed by atoms with van der Waals surface area (Å²) in [5.74, 6) is -1.63. The first-order valence-electron chi connectivity index (χ1n) is 13.1. The van der Waals surface area contributed by atoms with Crippen LogP contribution in [0.3, 0.4) is 0 Å². The van der Waals surface area contributed by atoms with E-state index in [1.807, 2.05) is 0 Å². The van der Waals surface area contributed by atoms with Gasteiger partial charge in [-0.3, -0.25) is 14.4 Å². The van der Waals surface area contributed by atoms with Gasteiger partial charge in [0.2, 0.25) is 5.91 Å². The molecule has 0 saturated heterocycles. The maximum atomic E-state index is 13.8. The van der Waals surface area contributed by atoms with Gasteiger partial charge in [-0.25, -0.2) is 4.68 Å². The maximum Gasteiger partial charge on any atom is 0.417 e. The number of carbonyl (C=O) groups excluding carboxylic acids is 3. The van der Waals surface area contributed by atoms with Gasteiger partial charge in [-0.2, -0.15) is 27.1 Å². The van der Waals surface area contributed by atoms with Crippen LogP contribution in [0.4, 0.5) is 22.0 Å². The standard InChI is InChI=1S/C28H25ClF5N5O4/c1-14-9-21-18(12-38(14)25(41)16-5-8-20(29)19(10-16)28(32,33)34)23-26(42)37(13-22(24(40)35-2)39(23)36-21)11-15-3-6-17(7-4-15)43-27(30)31/h3-8,10,14,22,27H,9,11-13H2,1-2H3,(H,35,40)/t14-,22+/m1/s1. The number of likely N-dealkylation sites (N-methyl/N-ethyl adjacent to an activating group) is 1. The minimum absolute atomic E-state index is 0.0330. The predicted octanol–water partition coefficient (Wildman–Crippen LogP) is 4.69. The molecule has 0 unspecified atom stereocenters. The Labute approximate surface area is 247 Å². The second-order valence-electron chi connectivity index (χ2n) is 10.2. The molecule has 9 nitrogen and oxygen atoms in total. The topological polar surface area (TPSA) is 96.8 Å². The van der Waals surface area contributed by atoms with Crippen LogP contribution in [0.25, 0.3) is 0 Å². The van der Waals surface area contributed by atoms with Crippen LogP contribution in [-0.2, 0) is 30.5 Å². The molecular weight excluding hydrogens is 601 g/mol. The van der Waals surface area contributed by atoms with Crippen molar-refractivity contribution in [3.05, 3.63) is 81.1 Å². The Hall–Kier alpha value is -4.20. The molecule has 1 aromatic heterocycles. The van der Waals surface area contributed by atoms with E-state index in [0.717, 1.165) is 6.07 Å². The summed E-state index contributed by atoms with van der Waals surface area (Å²) in [4.78, 5) is 42.9. The van der Waals surface area contributed by atoms with Crippen LogP contribution in [0.15, 0.2) is 42.5 Å². The Morgan fingerprint density at radius 2 is 1.86 bits per heavy atom. The largest absolute Gasteiger partial charge is 0.435 e. The molecule has 1 N–H and O–H groups in total. The van der Waals surface area contributed by atoms with Crippen molar-refractivity contribution in [3.63, 3.8) is 0 Å². The van der Waals surface area contributed by atoms with Crippen LogP contribution < -0.4 is 10.1 Å². The number of benzene rings is 2.